The maximum absolute atomic E-state index is 9.48. The van der Waals surface area contributed by atoms with Crippen molar-refractivity contribution in [3.8, 4) is 5.75 Å². The van der Waals surface area contributed by atoms with Gasteiger partial charge in [0, 0.05) is 18.3 Å². The zero-order valence-electron chi connectivity index (χ0n) is 7.98. The number of aliphatic hydroxyl groups excluding tert-OH is 1. The van der Waals surface area contributed by atoms with Crippen LogP contribution in [0.5, 0.6) is 5.75 Å². The molecule has 0 heterocycles. The summed E-state index contributed by atoms with van der Waals surface area (Å²) in [6, 6.07) is 4.74. The summed E-state index contributed by atoms with van der Waals surface area (Å²) in [7, 11) is 0. The molecule has 0 fully saturated rings. The minimum Gasteiger partial charge on any atom is -0.508 e. The Bertz CT molecular complexity index is 302. The number of hydrogen-bond donors (Lipinski definition) is 4. The number of benzene rings is 1. The van der Waals surface area contributed by atoms with Crippen molar-refractivity contribution in [1.29, 1.82) is 0 Å². The molecule has 78 valence electrons. The highest BCUT2D eigenvalue weighted by atomic mass is 16.3. The van der Waals surface area contributed by atoms with Crippen LogP contribution >= 0.6 is 0 Å². The molecule has 1 atom stereocenters. The zero-order valence-corrected chi connectivity index (χ0v) is 7.98. The van der Waals surface area contributed by atoms with Crippen LogP contribution in [0.1, 0.15) is 12.0 Å². The van der Waals surface area contributed by atoms with E-state index < -0.39 is 0 Å². The van der Waals surface area contributed by atoms with Gasteiger partial charge in [0.25, 0.3) is 0 Å². The molecule has 0 aliphatic rings. The summed E-state index contributed by atoms with van der Waals surface area (Å²) in [6.07, 6.45) is 1.05. The second-order valence-electron chi connectivity index (χ2n) is 3.36. The average Bonchev–Trinajstić information content (AvgIpc) is 2.12. The summed E-state index contributed by atoms with van der Waals surface area (Å²) in [4.78, 5) is 0. The number of phenolic OH excluding ortho intramolecular Hbond substituents is 1. The largest absolute Gasteiger partial charge is 0.508 e. The Kier molecular flexibility index (Phi) is 3.73. The Morgan fingerprint density at radius 1 is 1.36 bits per heavy atom. The van der Waals surface area contributed by atoms with Crippen molar-refractivity contribution in [2.75, 3.05) is 12.3 Å². The Hall–Kier alpha value is -1.26. The van der Waals surface area contributed by atoms with Crippen LogP contribution in [-0.4, -0.2) is 22.9 Å². The third-order valence-electron chi connectivity index (χ3n) is 2.09. The first-order valence-corrected chi connectivity index (χ1v) is 4.57. The first kappa shape index (κ1) is 10.8. The predicted octanol–water partition coefficient (Wildman–Crippen LogP) is 0.227. The van der Waals surface area contributed by atoms with Gasteiger partial charge in [0.05, 0.1) is 0 Å². The lowest BCUT2D eigenvalue weighted by atomic mass is 10.0. The van der Waals surface area contributed by atoms with E-state index >= 15 is 0 Å². The molecular formula is C10H16N2O2. The third kappa shape index (κ3) is 2.90. The topological polar surface area (TPSA) is 92.5 Å². The smallest absolute Gasteiger partial charge is 0.118 e. The fourth-order valence-electron chi connectivity index (χ4n) is 1.32. The maximum atomic E-state index is 9.48. The van der Waals surface area contributed by atoms with Crippen molar-refractivity contribution >= 4 is 5.69 Å². The number of rotatable bonds is 4. The van der Waals surface area contributed by atoms with Crippen molar-refractivity contribution in [3.63, 3.8) is 0 Å². The normalized spacial score (nSPS) is 12.7. The Morgan fingerprint density at radius 3 is 2.71 bits per heavy atom. The fourth-order valence-corrected chi connectivity index (χ4v) is 1.32. The van der Waals surface area contributed by atoms with Crippen LogP contribution < -0.4 is 11.5 Å². The van der Waals surface area contributed by atoms with Gasteiger partial charge in [-0.2, -0.15) is 0 Å². The van der Waals surface area contributed by atoms with Crippen molar-refractivity contribution < 1.29 is 10.2 Å². The highest BCUT2D eigenvalue weighted by Gasteiger charge is 2.07. The molecular weight excluding hydrogens is 180 g/mol. The standard InChI is InChI=1S/C10H16N2O2/c11-8-1-2-10(14)7(5-8)6-9(12)3-4-13/h1-2,5,9,13-14H,3-4,6,11-12H2. The van der Waals surface area contributed by atoms with E-state index in [4.69, 9.17) is 16.6 Å². The summed E-state index contributed by atoms with van der Waals surface area (Å²) < 4.78 is 0. The molecule has 0 saturated heterocycles. The van der Waals surface area contributed by atoms with Gasteiger partial charge in [0.15, 0.2) is 0 Å². The van der Waals surface area contributed by atoms with E-state index in [0.29, 0.717) is 18.5 Å². The van der Waals surface area contributed by atoms with Crippen LogP contribution in [0.25, 0.3) is 0 Å². The molecule has 6 N–H and O–H groups in total. The molecule has 4 nitrogen and oxygen atoms in total. The quantitative estimate of drug-likeness (QED) is 0.409. The van der Waals surface area contributed by atoms with Gasteiger partial charge < -0.3 is 21.7 Å². The lowest BCUT2D eigenvalue weighted by molar-refractivity contribution is 0.275. The molecule has 0 aliphatic carbocycles. The number of phenols is 1. The van der Waals surface area contributed by atoms with Crippen molar-refractivity contribution in [3.05, 3.63) is 23.8 Å². The number of aromatic hydroxyl groups is 1. The molecule has 4 heteroatoms. The molecule has 1 unspecified atom stereocenters. The number of aliphatic hydroxyl groups is 1. The fraction of sp³-hybridized carbons (Fsp3) is 0.400. The van der Waals surface area contributed by atoms with E-state index in [2.05, 4.69) is 0 Å². The number of nitrogens with two attached hydrogens (primary N) is 2. The highest BCUT2D eigenvalue weighted by molar-refractivity contribution is 5.47. The predicted molar refractivity (Wildman–Crippen MR) is 55.9 cm³/mol. The van der Waals surface area contributed by atoms with Gasteiger partial charge in [-0.15, -0.1) is 0 Å². The Balaban J connectivity index is 2.70. The Labute approximate surface area is 83.2 Å². The van der Waals surface area contributed by atoms with Gasteiger partial charge in [0.1, 0.15) is 5.75 Å². The molecule has 0 bridgehead atoms. The molecule has 0 spiro atoms. The molecule has 0 radical (unpaired) electrons. The van der Waals surface area contributed by atoms with Crippen LogP contribution in [0.15, 0.2) is 18.2 Å². The van der Waals surface area contributed by atoms with Crippen molar-refractivity contribution in [2.45, 2.75) is 18.9 Å². The van der Waals surface area contributed by atoms with E-state index in [0.717, 1.165) is 5.56 Å². The van der Waals surface area contributed by atoms with Crippen LogP contribution in [-0.2, 0) is 6.42 Å². The van der Waals surface area contributed by atoms with E-state index in [1.54, 1.807) is 18.2 Å². The van der Waals surface area contributed by atoms with Gasteiger partial charge >= 0.3 is 0 Å². The molecule has 1 aromatic carbocycles. The minimum atomic E-state index is -0.146. The molecule has 0 saturated carbocycles. The lowest BCUT2D eigenvalue weighted by Crippen LogP contribution is -2.24. The lowest BCUT2D eigenvalue weighted by Gasteiger charge is -2.11. The second kappa shape index (κ2) is 4.83. The van der Waals surface area contributed by atoms with Crippen molar-refractivity contribution in [1.82, 2.24) is 0 Å². The van der Waals surface area contributed by atoms with E-state index in [-0.39, 0.29) is 18.4 Å². The molecule has 14 heavy (non-hydrogen) atoms. The summed E-state index contributed by atoms with van der Waals surface area (Å²) in [6.45, 7) is 0.0598. The molecule has 1 aromatic rings. The van der Waals surface area contributed by atoms with Gasteiger partial charge in [-0.05, 0) is 36.6 Å². The van der Waals surface area contributed by atoms with Gasteiger partial charge in [0.2, 0.25) is 0 Å². The summed E-state index contributed by atoms with van der Waals surface area (Å²) in [5.74, 6) is 0.201. The van der Waals surface area contributed by atoms with Gasteiger partial charge in [-0.1, -0.05) is 0 Å². The summed E-state index contributed by atoms with van der Waals surface area (Å²) in [5.41, 5.74) is 12.6. The Morgan fingerprint density at radius 2 is 2.07 bits per heavy atom. The molecule has 0 aliphatic heterocycles. The molecule has 0 amide bonds. The highest BCUT2D eigenvalue weighted by Crippen LogP contribution is 2.21. The monoisotopic (exact) mass is 196 g/mol. The summed E-state index contributed by atoms with van der Waals surface area (Å²) in [5, 5.41) is 18.1. The second-order valence-corrected chi connectivity index (χ2v) is 3.36. The zero-order chi connectivity index (χ0) is 10.6. The third-order valence-corrected chi connectivity index (χ3v) is 2.09. The molecule has 0 aromatic heterocycles. The first-order valence-electron chi connectivity index (χ1n) is 4.57. The van der Waals surface area contributed by atoms with E-state index in [1.807, 2.05) is 0 Å². The molecule has 1 rings (SSSR count). The van der Waals surface area contributed by atoms with Crippen molar-refractivity contribution in [2.24, 2.45) is 5.73 Å². The van der Waals surface area contributed by atoms with Gasteiger partial charge in [-0.25, -0.2) is 0 Å². The van der Waals surface area contributed by atoms with Crippen LogP contribution in [0.3, 0.4) is 0 Å². The van der Waals surface area contributed by atoms with Crippen LogP contribution in [0.2, 0.25) is 0 Å². The van der Waals surface area contributed by atoms with Crippen LogP contribution in [0.4, 0.5) is 5.69 Å². The first-order chi connectivity index (χ1) is 6.63. The van der Waals surface area contributed by atoms with E-state index in [1.165, 1.54) is 0 Å². The number of hydrogen-bond acceptors (Lipinski definition) is 4. The number of nitrogen functional groups attached to an aromatic ring is 1. The van der Waals surface area contributed by atoms with Crippen LogP contribution in [0, 0.1) is 0 Å². The van der Waals surface area contributed by atoms with Gasteiger partial charge in [-0.3, -0.25) is 0 Å². The maximum Gasteiger partial charge on any atom is 0.118 e. The average molecular weight is 196 g/mol. The summed E-state index contributed by atoms with van der Waals surface area (Å²) >= 11 is 0. The van der Waals surface area contributed by atoms with E-state index in [9.17, 15) is 5.11 Å². The SMILES string of the molecule is Nc1ccc(O)c(CC(N)CCO)c1. The minimum absolute atomic E-state index is 0.0598. The number of anilines is 1.